The molecule has 1 amide bonds. The van der Waals surface area contributed by atoms with Crippen LogP contribution in [-0.2, 0) is 0 Å². The molecule has 0 saturated heterocycles. The maximum Gasteiger partial charge on any atom is 0.278 e. The fourth-order valence-electron chi connectivity index (χ4n) is 2.68. The number of nitrogens with zero attached hydrogens (tertiary/aromatic N) is 3. The molecule has 0 fully saturated rings. The molecule has 0 saturated carbocycles. The van der Waals surface area contributed by atoms with E-state index in [2.05, 4.69) is 20.6 Å². The highest BCUT2D eigenvalue weighted by Gasteiger charge is 2.20. The fourth-order valence-corrected chi connectivity index (χ4v) is 2.68. The molecule has 4 aromatic rings. The van der Waals surface area contributed by atoms with Gasteiger partial charge in [0.15, 0.2) is 11.2 Å². The molecule has 0 bridgehead atoms. The Labute approximate surface area is 140 Å². The zero-order chi connectivity index (χ0) is 17.6. The van der Waals surface area contributed by atoms with Crippen LogP contribution in [0.2, 0.25) is 0 Å². The molecule has 0 radical (unpaired) electrons. The topological polar surface area (TPSA) is 92.2 Å². The number of aromatic nitrogens is 4. The number of anilines is 1. The van der Waals surface area contributed by atoms with Crippen molar-refractivity contribution in [2.45, 2.75) is 6.92 Å². The summed E-state index contributed by atoms with van der Waals surface area (Å²) in [7, 11) is 0. The third-order valence-electron chi connectivity index (χ3n) is 3.93. The lowest BCUT2D eigenvalue weighted by molar-refractivity contribution is 0.102. The quantitative estimate of drug-likeness (QED) is 0.587. The van der Waals surface area contributed by atoms with E-state index in [1.54, 1.807) is 12.1 Å². The molecule has 0 spiro atoms. The Morgan fingerprint density at radius 3 is 2.84 bits per heavy atom. The van der Waals surface area contributed by atoms with Crippen molar-refractivity contribution < 1.29 is 9.18 Å². The largest absolute Gasteiger partial charge is 0.320 e. The molecule has 4 rings (SSSR count). The molecule has 25 heavy (non-hydrogen) atoms. The second-order valence-electron chi connectivity index (χ2n) is 5.58. The van der Waals surface area contributed by atoms with E-state index in [0.29, 0.717) is 11.2 Å². The molecule has 2 heterocycles. The highest BCUT2D eigenvalue weighted by molar-refractivity contribution is 6.07. The van der Waals surface area contributed by atoms with Gasteiger partial charge < -0.3 is 10.3 Å². The standard InChI is InChI=1S/C17H12FN5O2/c1-9-4-2-3-5-11(9)19-16(24)14-15-17(25)20-12-8-10(18)6-7-13(12)23(15)22-21-14/h2-8H,1H3,(H,19,24)(H,20,25). The van der Waals surface area contributed by atoms with Crippen molar-refractivity contribution >= 4 is 28.1 Å². The number of halogens is 1. The van der Waals surface area contributed by atoms with Crippen LogP contribution in [0.4, 0.5) is 10.1 Å². The van der Waals surface area contributed by atoms with Gasteiger partial charge in [0.25, 0.3) is 11.5 Å². The molecule has 8 heteroatoms. The Balaban J connectivity index is 1.86. The summed E-state index contributed by atoms with van der Waals surface area (Å²) in [6.45, 7) is 1.86. The van der Waals surface area contributed by atoms with E-state index in [0.717, 1.165) is 5.56 Å². The summed E-state index contributed by atoms with van der Waals surface area (Å²) < 4.78 is 14.6. The Hall–Kier alpha value is -3.55. The highest BCUT2D eigenvalue weighted by atomic mass is 19.1. The molecule has 7 nitrogen and oxygen atoms in total. The number of hydrogen-bond acceptors (Lipinski definition) is 4. The first kappa shape index (κ1) is 15.0. The number of benzene rings is 2. The molecule has 2 aromatic carbocycles. The van der Waals surface area contributed by atoms with Gasteiger partial charge >= 0.3 is 0 Å². The number of hydrogen-bond donors (Lipinski definition) is 2. The average molecular weight is 337 g/mol. The van der Waals surface area contributed by atoms with Crippen molar-refractivity contribution in [3.63, 3.8) is 0 Å². The molecule has 0 atom stereocenters. The van der Waals surface area contributed by atoms with Crippen LogP contribution < -0.4 is 10.9 Å². The van der Waals surface area contributed by atoms with E-state index in [-0.39, 0.29) is 16.7 Å². The fraction of sp³-hybridized carbons (Fsp3) is 0.0588. The molecule has 0 aliphatic heterocycles. The second kappa shape index (κ2) is 5.52. The van der Waals surface area contributed by atoms with Crippen LogP contribution >= 0.6 is 0 Å². The molecule has 0 aliphatic rings. The van der Waals surface area contributed by atoms with Gasteiger partial charge in [-0.05, 0) is 36.8 Å². The predicted molar refractivity (Wildman–Crippen MR) is 90.2 cm³/mol. The summed E-state index contributed by atoms with van der Waals surface area (Å²) in [5.74, 6) is -1.03. The molecule has 0 unspecified atom stereocenters. The van der Waals surface area contributed by atoms with E-state index in [1.165, 1.54) is 22.7 Å². The van der Waals surface area contributed by atoms with Gasteiger partial charge in [-0.15, -0.1) is 5.10 Å². The van der Waals surface area contributed by atoms with Crippen LogP contribution in [0, 0.1) is 12.7 Å². The van der Waals surface area contributed by atoms with Crippen LogP contribution in [0.15, 0.2) is 47.3 Å². The Kier molecular flexibility index (Phi) is 3.31. The van der Waals surface area contributed by atoms with Crippen molar-refractivity contribution in [3.8, 4) is 0 Å². The molecule has 2 aromatic heterocycles. The van der Waals surface area contributed by atoms with Crippen molar-refractivity contribution in [2.24, 2.45) is 0 Å². The van der Waals surface area contributed by atoms with Crippen LogP contribution in [0.3, 0.4) is 0 Å². The number of amides is 1. The lowest BCUT2D eigenvalue weighted by Crippen LogP contribution is -2.18. The lowest BCUT2D eigenvalue weighted by Gasteiger charge is -2.06. The SMILES string of the molecule is Cc1ccccc1NC(=O)c1nnn2c1c(=O)[nH]c1cc(F)ccc12. The Morgan fingerprint density at radius 2 is 2.04 bits per heavy atom. The number of carbonyl (C=O) groups excluding carboxylic acids is 1. The minimum atomic E-state index is -0.571. The van der Waals surface area contributed by atoms with Crippen LogP contribution in [0.25, 0.3) is 16.6 Å². The first-order valence-corrected chi connectivity index (χ1v) is 7.48. The minimum absolute atomic E-state index is 0.00481. The van der Waals surface area contributed by atoms with Gasteiger partial charge in [0.05, 0.1) is 11.0 Å². The normalized spacial score (nSPS) is 11.1. The molecule has 124 valence electrons. The number of fused-ring (bicyclic) bond motifs is 3. The average Bonchev–Trinajstić information content (AvgIpc) is 3.02. The summed E-state index contributed by atoms with van der Waals surface area (Å²) in [4.78, 5) is 27.4. The van der Waals surface area contributed by atoms with Gasteiger partial charge in [-0.3, -0.25) is 9.59 Å². The number of para-hydroxylation sites is 1. The van der Waals surface area contributed by atoms with E-state index in [1.807, 2.05) is 19.1 Å². The molecular formula is C17H12FN5O2. The number of aromatic amines is 1. The lowest BCUT2D eigenvalue weighted by atomic mass is 10.2. The van der Waals surface area contributed by atoms with Gasteiger partial charge in [-0.2, -0.15) is 0 Å². The summed E-state index contributed by atoms with van der Waals surface area (Å²) in [6, 6.07) is 11.1. The molecule has 2 N–H and O–H groups in total. The van der Waals surface area contributed by atoms with Gasteiger partial charge in [-0.25, -0.2) is 8.91 Å². The summed E-state index contributed by atoms with van der Waals surface area (Å²) in [6.07, 6.45) is 0. The highest BCUT2D eigenvalue weighted by Crippen LogP contribution is 2.17. The van der Waals surface area contributed by atoms with E-state index in [9.17, 15) is 14.0 Å². The third-order valence-corrected chi connectivity index (χ3v) is 3.93. The maximum atomic E-state index is 13.4. The van der Waals surface area contributed by atoms with Crippen LogP contribution in [0.1, 0.15) is 16.1 Å². The third kappa shape index (κ3) is 2.44. The minimum Gasteiger partial charge on any atom is -0.320 e. The Bertz CT molecular complexity index is 1190. The molecular weight excluding hydrogens is 325 g/mol. The van der Waals surface area contributed by atoms with Crippen molar-refractivity contribution in [2.75, 3.05) is 5.32 Å². The van der Waals surface area contributed by atoms with E-state index in [4.69, 9.17) is 0 Å². The number of rotatable bonds is 2. The first-order chi connectivity index (χ1) is 12.0. The second-order valence-corrected chi connectivity index (χ2v) is 5.58. The maximum absolute atomic E-state index is 13.4. The van der Waals surface area contributed by atoms with Crippen molar-refractivity contribution in [3.05, 3.63) is 69.9 Å². The summed E-state index contributed by atoms with van der Waals surface area (Å²) in [5.41, 5.74) is 1.54. The van der Waals surface area contributed by atoms with E-state index >= 15 is 0 Å². The van der Waals surface area contributed by atoms with Crippen molar-refractivity contribution in [1.29, 1.82) is 0 Å². The monoisotopic (exact) mass is 337 g/mol. The van der Waals surface area contributed by atoms with Gasteiger partial charge in [0.1, 0.15) is 5.82 Å². The zero-order valence-electron chi connectivity index (χ0n) is 13.1. The number of aryl methyl sites for hydroxylation is 1. The zero-order valence-corrected chi connectivity index (χ0v) is 13.1. The van der Waals surface area contributed by atoms with Gasteiger partial charge in [-0.1, -0.05) is 23.4 Å². The van der Waals surface area contributed by atoms with E-state index < -0.39 is 17.3 Å². The summed E-state index contributed by atoms with van der Waals surface area (Å²) >= 11 is 0. The molecule has 0 aliphatic carbocycles. The van der Waals surface area contributed by atoms with Gasteiger partial charge in [0.2, 0.25) is 0 Å². The summed E-state index contributed by atoms with van der Waals surface area (Å²) in [5, 5.41) is 10.4. The first-order valence-electron chi connectivity index (χ1n) is 7.48. The van der Waals surface area contributed by atoms with Gasteiger partial charge in [0, 0.05) is 5.69 Å². The number of H-pyrrole nitrogens is 1. The Morgan fingerprint density at radius 1 is 1.24 bits per heavy atom. The van der Waals surface area contributed by atoms with Crippen LogP contribution in [0.5, 0.6) is 0 Å². The van der Waals surface area contributed by atoms with Crippen LogP contribution in [-0.4, -0.2) is 25.7 Å². The predicted octanol–water partition coefficient (Wildman–Crippen LogP) is 2.27. The number of nitrogens with one attached hydrogen (secondary N) is 2. The smallest absolute Gasteiger partial charge is 0.278 e. The van der Waals surface area contributed by atoms with Crippen molar-refractivity contribution in [1.82, 2.24) is 19.8 Å². The number of carbonyl (C=O) groups is 1.